The Labute approximate surface area is 154 Å². The fraction of sp³-hybridized carbons (Fsp3) is 0.273. The molecule has 1 unspecified atom stereocenters. The lowest BCUT2D eigenvalue weighted by atomic mass is 10.1. The summed E-state index contributed by atoms with van der Waals surface area (Å²) in [4.78, 5) is 16.8. The van der Waals surface area contributed by atoms with Crippen molar-refractivity contribution in [3.05, 3.63) is 65.4 Å². The van der Waals surface area contributed by atoms with Crippen LogP contribution in [0, 0.1) is 13.8 Å². The second-order valence-electron chi connectivity index (χ2n) is 6.68. The largest absolute Gasteiger partial charge is 0.457 e. The van der Waals surface area contributed by atoms with Gasteiger partial charge in [-0.1, -0.05) is 13.0 Å². The summed E-state index contributed by atoms with van der Waals surface area (Å²) in [7, 11) is 0. The molecule has 4 heteroatoms. The third-order valence-electron chi connectivity index (χ3n) is 4.63. The number of fused-ring (bicyclic) bond motifs is 1. The number of amides is 1. The van der Waals surface area contributed by atoms with E-state index in [9.17, 15) is 4.79 Å². The highest BCUT2D eigenvalue weighted by molar-refractivity contribution is 5.94. The number of ether oxygens (including phenoxy) is 1. The minimum atomic E-state index is -0.0872. The summed E-state index contributed by atoms with van der Waals surface area (Å²) in [6.07, 6.45) is 2.63. The Bertz CT molecular complexity index is 950. The Morgan fingerprint density at radius 2 is 1.92 bits per heavy atom. The summed E-state index contributed by atoms with van der Waals surface area (Å²) >= 11 is 0. The van der Waals surface area contributed by atoms with E-state index in [0.717, 1.165) is 23.1 Å². The summed E-state index contributed by atoms with van der Waals surface area (Å²) in [5.41, 5.74) is 3.88. The first kappa shape index (κ1) is 17.9. The number of carbonyl (C=O) groups is 1. The van der Waals surface area contributed by atoms with E-state index in [1.54, 1.807) is 18.3 Å². The van der Waals surface area contributed by atoms with Gasteiger partial charge in [-0.15, -0.1) is 0 Å². The van der Waals surface area contributed by atoms with E-state index < -0.39 is 0 Å². The van der Waals surface area contributed by atoms with Gasteiger partial charge in [0.15, 0.2) is 0 Å². The second-order valence-corrected chi connectivity index (χ2v) is 6.68. The van der Waals surface area contributed by atoms with Gasteiger partial charge in [-0.2, -0.15) is 0 Å². The van der Waals surface area contributed by atoms with E-state index in [2.05, 4.69) is 36.3 Å². The molecule has 0 aliphatic carbocycles. The van der Waals surface area contributed by atoms with Crippen LogP contribution in [0.5, 0.6) is 11.5 Å². The van der Waals surface area contributed by atoms with Gasteiger partial charge >= 0.3 is 0 Å². The fourth-order valence-corrected chi connectivity index (χ4v) is 2.71. The number of rotatable bonds is 5. The van der Waals surface area contributed by atoms with Crippen molar-refractivity contribution in [3.8, 4) is 11.5 Å². The molecule has 0 saturated heterocycles. The zero-order chi connectivity index (χ0) is 18.7. The molecule has 26 heavy (non-hydrogen) atoms. The minimum absolute atomic E-state index is 0.0872. The van der Waals surface area contributed by atoms with Crippen LogP contribution in [0.4, 0.5) is 0 Å². The molecule has 4 nitrogen and oxygen atoms in total. The predicted octanol–water partition coefficient (Wildman–Crippen LogP) is 5.17. The monoisotopic (exact) mass is 348 g/mol. The van der Waals surface area contributed by atoms with Crippen LogP contribution in [0.2, 0.25) is 0 Å². The maximum atomic E-state index is 12.3. The lowest BCUT2D eigenvalue weighted by Crippen LogP contribution is -2.31. The van der Waals surface area contributed by atoms with Gasteiger partial charge in [0.05, 0.1) is 5.52 Å². The Kier molecular flexibility index (Phi) is 5.21. The van der Waals surface area contributed by atoms with Crippen molar-refractivity contribution >= 4 is 16.8 Å². The molecule has 0 fully saturated rings. The van der Waals surface area contributed by atoms with Crippen LogP contribution in [-0.2, 0) is 0 Å². The van der Waals surface area contributed by atoms with Crippen LogP contribution in [0.15, 0.2) is 48.7 Å². The van der Waals surface area contributed by atoms with Crippen LogP contribution in [0.25, 0.3) is 10.9 Å². The van der Waals surface area contributed by atoms with Gasteiger partial charge in [-0.3, -0.25) is 9.78 Å². The number of hydrogen-bond donors (Lipinski definition) is 1. The first-order valence-corrected chi connectivity index (χ1v) is 8.92. The summed E-state index contributed by atoms with van der Waals surface area (Å²) in [5.74, 6) is 1.28. The molecule has 1 amide bonds. The van der Waals surface area contributed by atoms with E-state index in [1.807, 2.05) is 32.0 Å². The van der Waals surface area contributed by atoms with Gasteiger partial charge in [-0.25, -0.2) is 0 Å². The van der Waals surface area contributed by atoms with Crippen LogP contribution >= 0.6 is 0 Å². The summed E-state index contributed by atoms with van der Waals surface area (Å²) in [6.45, 7) is 8.18. The van der Waals surface area contributed by atoms with Gasteiger partial charge in [0, 0.05) is 23.2 Å². The van der Waals surface area contributed by atoms with Gasteiger partial charge in [0.25, 0.3) is 5.91 Å². The number of hydrogen-bond acceptors (Lipinski definition) is 3. The highest BCUT2D eigenvalue weighted by Gasteiger charge is 2.11. The number of nitrogens with one attached hydrogen (secondary N) is 1. The van der Waals surface area contributed by atoms with E-state index in [4.69, 9.17) is 4.74 Å². The molecule has 0 aliphatic rings. The molecule has 0 spiro atoms. The summed E-state index contributed by atoms with van der Waals surface area (Å²) in [5, 5.41) is 3.94. The van der Waals surface area contributed by atoms with Crippen molar-refractivity contribution in [2.45, 2.75) is 40.2 Å². The molecule has 1 atom stereocenters. The van der Waals surface area contributed by atoms with Crippen molar-refractivity contribution < 1.29 is 9.53 Å². The number of benzene rings is 2. The molecule has 0 aliphatic heterocycles. The third-order valence-corrected chi connectivity index (χ3v) is 4.63. The van der Waals surface area contributed by atoms with Crippen molar-refractivity contribution in [1.82, 2.24) is 10.3 Å². The average Bonchev–Trinajstić information content (AvgIpc) is 2.63. The van der Waals surface area contributed by atoms with Crippen LogP contribution < -0.4 is 10.1 Å². The summed E-state index contributed by atoms with van der Waals surface area (Å²) < 4.78 is 6.09. The van der Waals surface area contributed by atoms with Gasteiger partial charge < -0.3 is 10.1 Å². The predicted molar refractivity (Wildman–Crippen MR) is 105 cm³/mol. The second kappa shape index (κ2) is 7.56. The van der Waals surface area contributed by atoms with Gasteiger partial charge in [0.2, 0.25) is 0 Å². The number of aromatic nitrogens is 1. The van der Waals surface area contributed by atoms with Crippen LogP contribution in [0.1, 0.15) is 41.8 Å². The van der Waals surface area contributed by atoms with Gasteiger partial charge in [0.1, 0.15) is 11.5 Å². The van der Waals surface area contributed by atoms with Crippen molar-refractivity contribution in [3.63, 3.8) is 0 Å². The van der Waals surface area contributed by atoms with Gasteiger partial charge in [-0.05, 0) is 74.7 Å². The molecular weight excluding hydrogens is 324 g/mol. The Hall–Kier alpha value is -2.88. The Morgan fingerprint density at radius 3 is 2.69 bits per heavy atom. The van der Waals surface area contributed by atoms with E-state index >= 15 is 0 Å². The smallest absolute Gasteiger partial charge is 0.251 e. The normalized spacial score (nSPS) is 12.0. The number of pyridine rings is 1. The van der Waals surface area contributed by atoms with E-state index in [0.29, 0.717) is 11.3 Å². The molecule has 1 aromatic heterocycles. The van der Waals surface area contributed by atoms with Crippen molar-refractivity contribution in [1.29, 1.82) is 0 Å². The molecule has 0 radical (unpaired) electrons. The fourth-order valence-electron chi connectivity index (χ4n) is 2.71. The first-order valence-electron chi connectivity index (χ1n) is 8.92. The Balaban J connectivity index is 1.90. The lowest BCUT2D eigenvalue weighted by Gasteiger charge is -2.13. The van der Waals surface area contributed by atoms with Crippen LogP contribution in [-0.4, -0.2) is 16.9 Å². The molecule has 3 rings (SSSR count). The summed E-state index contributed by atoms with van der Waals surface area (Å²) in [6, 6.07) is 13.4. The highest BCUT2D eigenvalue weighted by Crippen LogP contribution is 2.30. The SMILES string of the molecule is CCC(C)NC(=O)c1cccc(Oc2ccnc3cc(C)c(C)cc23)c1. The average molecular weight is 348 g/mol. The molecule has 1 N–H and O–H groups in total. The van der Waals surface area contributed by atoms with Crippen LogP contribution in [0.3, 0.4) is 0 Å². The zero-order valence-corrected chi connectivity index (χ0v) is 15.7. The molecule has 2 aromatic carbocycles. The topological polar surface area (TPSA) is 51.2 Å². The number of aryl methyl sites for hydroxylation is 2. The van der Waals surface area contributed by atoms with E-state index in [1.165, 1.54) is 11.1 Å². The maximum absolute atomic E-state index is 12.3. The highest BCUT2D eigenvalue weighted by atomic mass is 16.5. The Morgan fingerprint density at radius 1 is 1.15 bits per heavy atom. The molecule has 1 heterocycles. The minimum Gasteiger partial charge on any atom is -0.457 e. The molecule has 134 valence electrons. The van der Waals surface area contributed by atoms with Crippen molar-refractivity contribution in [2.75, 3.05) is 0 Å². The standard InChI is InChI=1S/C22H24N2O2/c1-5-16(4)24-22(25)17-7-6-8-18(13-17)26-21-9-10-23-20-12-15(3)14(2)11-19(20)21/h6-13,16H,5H2,1-4H3,(H,24,25). The van der Waals surface area contributed by atoms with E-state index in [-0.39, 0.29) is 11.9 Å². The lowest BCUT2D eigenvalue weighted by molar-refractivity contribution is 0.0939. The maximum Gasteiger partial charge on any atom is 0.251 e. The quantitative estimate of drug-likeness (QED) is 0.692. The molecule has 3 aromatic rings. The molecular formula is C22H24N2O2. The molecule has 0 saturated carbocycles. The number of nitrogens with zero attached hydrogens (tertiary/aromatic N) is 1. The molecule has 0 bridgehead atoms. The number of carbonyl (C=O) groups excluding carboxylic acids is 1. The third kappa shape index (κ3) is 3.85. The zero-order valence-electron chi connectivity index (χ0n) is 15.7. The first-order chi connectivity index (χ1) is 12.5. The van der Waals surface area contributed by atoms with Crippen molar-refractivity contribution in [2.24, 2.45) is 0 Å².